The number of hydrogen-bond donors (Lipinski definition) is 1. The monoisotopic (exact) mass is 442 g/mol. The predicted octanol–water partition coefficient (Wildman–Crippen LogP) is 3.13. The summed E-state index contributed by atoms with van der Waals surface area (Å²) in [6, 6.07) is 22.1. The first-order valence-corrected chi connectivity index (χ1v) is 11.5. The van der Waals surface area contributed by atoms with E-state index in [0.29, 0.717) is 18.7 Å². The molecule has 7 heteroatoms. The summed E-state index contributed by atoms with van der Waals surface area (Å²) in [6.45, 7) is 6.12. The molecule has 7 nitrogen and oxygen atoms in total. The molecule has 0 saturated carbocycles. The van der Waals surface area contributed by atoms with Gasteiger partial charge in [-0.25, -0.2) is 4.68 Å². The van der Waals surface area contributed by atoms with Crippen LogP contribution in [0, 0.1) is 11.3 Å². The average molecular weight is 443 g/mol. The lowest BCUT2D eigenvalue weighted by Gasteiger charge is -2.36. The van der Waals surface area contributed by atoms with E-state index in [2.05, 4.69) is 34.2 Å². The van der Waals surface area contributed by atoms with Gasteiger partial charge >= 0.3 is 0 Å². The lowest BCUT2D eigenvalue weighted by molar-refractivity contribution is -0.122. The van der Waals surface area contributed by atoms with Gasteiger partial charge in [0, 0.05) is 31.9 Å². The summed E-state index contributed by atoms with van der Waals surface area (Å²) in [5.74, 6) is 0.00665. The summed E-state index contributed by atoms with van der Waals surface area (Å²) >= 11 is 0. The van der Waals surface area contributed by atoms with Crippen molar-refractivity contribution in [2.45, 2.75) is 26.3 Å². The molecular weight excluding hydrogens is 412 g/mol. The van der Waals surface area contributed by atoms with Crippen molar-refractivity contribution in [2.24, 2.45) is 0 Å². The third-order valence-electron chi connectivity index (χ3n) is 5.91. The van der Waals surface area contributed by atoms with Crippen molar-refractivity contribution in [3.05, 3.63) is 77.6 Å². The zero-order chi connectivity index (χ0) is 23.0. The first kappa shape index (κ1) is 22.6. The number of anilines is 1. The second-order valence-electron chi connectivity index (χ2n) is 8.29. The highest BCUT2D eigenvalue weighted by molar-refractivity contribution is 5.78. The molecule has 1 amide bonds. The summed E-state index contributed by atoms with van der Waals surface area (Å²) in [5.41, 5.74) is 4.73. The molecule has 1 aliphatic heterocycles. The highest BCUT2D eigenvalue weighted by Gasteiger charge is 2.21. The summed E-state index contributed by atoms with van der Waals surface area (Å²) in [7, 11) is 0. The van der Waals surface area contributed by atoms with Crippen LogP contribution in [0.2, 0.25) is 0 Å². The SMILES string of the molecule is CCCc1cc(CNC(=O)CN2CCN(c3ccccc3C#N)CC2)nn1-c1ccccc1. The predicted molar refractivity (Wildman–Crippen MR) is 129 cm³/mol. The van der Waals surface area contributed by atoms with Crippen molar-refractivity contribution in [3.8, 4) is 11.8 Å². The van der Waals surface area contributed by atoms with Crippen LogP contribution in [-0.4, -0.2) is 53.3 Å². The van der Waals surface area contributed by atoms with Crippen molar-refractivity contribution in [3.63, 3.8) is 0 Å². The quantitative estimate of drug-likeness (QED) is 0.580. The highest BCUT2D eigenvalue weighted by Crippen LogP contribution is 2.21. The van der Waals surface area contributed by atoms with E-state index in [9.17, 15) is 10.1 Å². The molecule has 0 atom stereocenters. The molecule has 0 aliphatic carbocycles. The number of piperazine rings is 1. The van der Waals surface area contributed by atoms with Gasteiger partial charge in [-0.15, -0.1) is 0 Å². The topological polar surface area (TPSA) is 77.2 Å². The minimum atomic E-state index is 0.00665. The zero-order valence-electron chi connectivity index (χ0n) is 19.1. The Morgan fingerprint density at radius 1 is 1.06 bits per heavy atom. The van der Waals surface area contributed by atoms with E-state index in [0.717, 1.165) is 61.8 Å². The molecule has 0 unspecified atom stereocenters. The molecule has 2 heterocycles. The summed E-state index contributed by atoms with van der Waals surface area (Å²) in [5, 5.41) is 17.1. The summed E-state index contributed by atoms with van der Waals surface area (Å²) in [6.07, 6.45) is 1.98. The lowest BCUT2D eigenvalue weighted by atomic mass is 10.1. The highest BCUT2D eigenvalue weighted by atomic mass is 16.2. The standard InChI is InChI=1S/C26H30N6O/c1-2-8-24-17-22(29-32(24)23-10-4-3-5-11-23)19-28-26(33)20-30-13-15-31(16-14-30)25-12-7-6-9-21(25)18-27/h3-7,9-12,17H,2,8,13-16,19-20H2,1H3,(H,28,33). The van der Waals surface area contributed by atoms with Crippen LogP contribution in [0.4, 0.5) is 5.69 Å². The Balaban J connectivity index is 1.29. The van der Waals surface area contributed by atoms with Crippen LogP contribution >= 0.6 is 0 Å². The zero-order valence-corrected chi connectivity index (χ0v) is 19.1. The molecular formula is C26H30N6O. The minimum Gasteiger partial charge on any atom is -0.368 e. The van der Waals surface area contributed by atoms with Gasteiger partial charge in [-0.1, -0.05) is 43.7 Å². The molecule has 33 heavy (non-hydrogen) atoms. The van der Waals surface area contributed by atoms with Gasteiger partial charge in [-0.3, -0.25) is 9.69 Å². The Hall–Kier alpha value is -3.63. The Bertz CT molecular complexity index is 1110. The Labute approximate surface area is 195 Å². The van der Waals surface area contributed by atoms with Crippen LogP contribution in [0.25, 0.3) is 5.69 Å². The number of carbonyl (C=O) groups excluding carboxylic acids is 1. The Morgan fingerprint density at radius 2 is 1.79 bits per heavy atom. The molecule has 1 aliphatic rings. The molecule has 2 aromatic carbocycles. The van der Waals surface area contributed by atoms with Crippen LogP contribution in [0.5, 0.6) is 0 Å². The molecule has 1 saturated heterocycles. The molecule has 1 N–H and O–H groups in total. The number of carbonyl (C=O) groups is 1. The maximum absolute atomic E-state index is 12.6. The van der Waals surface area contributed by atoms with E-state index in [-0.39, 0.29) is 5.91 Å². The lowest BCUT2D eigenvalue weighted by Crippen LogP contribution is -2.49. The van der Waals surface area contributed by atoms with Crippen molar-refractivity contribution in [1.29, 1.82) is 5.26 Å². The van der Waals surface area contributed by atoms with Crippen LogP contribution < -0.4 is 10.2 Å². The van der Waals surface area contributed by atoms with Crippen molar-refractivity contribution in [1.82, 2.24) is 20.0 Å². The van der Waals surface area contributed by atoms with E-state index in [1.807, 2.05) is 59.3 Å². The number of para-hydroxylation sites is 2. The maximum atomic E-state index is 12.6. The molecule has 3 aromatic rings. The molecule has 1 aromatic heterocycles. The summed E-state index contributed by atoms with van der Waals surface area (Å²) in [4.78, 5) is 17.0. The van der Waals surface area contributed by atoms with Crippen molar-refractivity contribution >= 4 is 11.6 Å². The Morgan fingerprint density at radius 3 is 2.52 bits per heavy atom. The van der Waals surface area contributed by atoms with E-state index < -0.39 is 0 Å². The fourth-order valence-corrected chi connectivity index (χ4v) is 4.23. The molecule has 0 bridgehead atoms. The fraction of sp³-hybridized carbons (Fsp3) is 0.346. The number of aromatic nitrogens is 2. The van der Waals surface area contributed by atoms with Crippen molar-refractivity contribution < 1.29 is 4.79 Å². The van der Waals surface area contributed by atoms with E-state index in [1.165, 1.54) is 0 Å². The molecule has 1 fully saturated rings. The first-order valence-electron chi connectivity index (χ1n) is 11.5. The normalized spacial score (nSPS) is 14.1. The molecule has 170 valence electrons. The van der Waals surface area contributed by atoms with E-state index >= 15 is 0 Å². The fourth-order valence-electron chi connectivity index (χ4n) is 4.23. The minimum absolute atomic E-state index is 0.00665. The largest absolute Gasteiger partial charge is 0.368 e. The molecule has 4 rings (SSSR count). The third kappa shape index (κ3) is 5.60. The van der Waals surface area contributed by atoms with Crippen LogP contribution in [0.15, 0.2) is 60.7 Å². The van der Waals surface area contributed by atoms with Gasteiger partial charge in [-0.05, 0) is 36.8 Å². The van der Waals surface area contributed by atoms with Crippen LogP contribution in [-0.2, 0) is 17.8 Å². The molecule has 0 spiro atoms. The number of aryl methyl sites for hydroxylation is 1. The van der Waals surface area contributed by atoms with E-state index in [1.54, 1.807) is 0 Å². The van der Waals surface area contributed by atoms with Crippen LogP contribution in [0.1, 0.15) is 30.3 Å². The third-order valence-corrected chi connectivity index (χ3v) is 5.91. The smallest absolute Gasteiger partial charge is 0.234 e. The van der Waals surface area contributed by atoms with Crippen molar-refractivity contribution in [2.75, 3.05) is 37.6 Å². The second-order valence-corrected chi connectivity index (χ2v) is 8.29. The second kappa shape index (κ2) is 10.8. The van der Waals surface area contributed by atoms with Gasteiger partial charge in [0.15, 0.2) is 0 Å². The number of nitrogens with one attached hydrogen (secondary N) is 1. The van der Waals surface area contributed by atoms with Gasteiger partial charge in [0.1, 0.15) is 6.07 Å². The summed E-state index contributed by atoms with van der Waals surface area (Å²) < 4.78 is 1.98. The maximum Gasteiger partial charge on any atom is 0.234 e. The molecule has 0 radical (unpaired) electrons. The number of amides is 1. The number of benzene rings is 2. The average Bonchev–Trinajstić information content (AvgIpc) is 3.27. The van der Waals surface area contributed by atoms with Crippen LogP contribution in [0.3, 0.4) is 0 Å². The van der Waals surface area contributed by atoms with Gasteiger partial charge in [0.25, 0.3) is 0 Å². The number of rotatable bonds is 8. The Kier molecular flexibility index (Phi) is 7.38. The number of nitriles is 1. The van der Waals surface area contributed by atoms with Gasteiger partial charge in [0.2, 0.25) is 5.91 Å². The van der Waals surface area contributed by atoms with Gasteiger partial charge in [-0.2, -0.15) is 10.4 Å². The van der Waals surface area contributed by atoms with E-state index in [4.69, 9.17) is 5.10 Å². The number of nitrogens with zero attached hydrogens (tertiary/aromatic N) is 5. The van der Waals surface area contributed by atoms with Gasteiger partial charge in [0.05, 0.1) is 35.7 Å². The first-order chi connectivity index (χ1) is 16.2. The number of hydrogen-bond acceptors (Lipinski definition) is 5. The van der Waals surface area contributed by atoms with Gasteiger partial charge < -0.3 is 10.2 Å².